The van der Waals surface area contributed by atoms with Crippen LogP contribution in [0.15, 0.2) is 24.3 Å². The molecule has 0 unspecified atom stereocenters. The molecule has 0 bridgehead atoms. The number of hydrogen-bond acceptors (Lipinski definition) is 3. The van der Waals surface area contributed by atoms with Crippen molar-refractivity contribution in [2.45, 2.75) is 63.6 Å². The molecule has 2 fully saturated rings. The van der Waals surface area contributed by atoms with Crippen molar-refractivity contribution in [3.63, 3.8) is 0 Å². The van der Waals surface area contributed by atoms with Crippen molar-refractivity contribution in [2.24, 2.45) is 7.05 Å². The summed E-state index contributed by atoms with van der Waals surface area (Å²) in [6, 6.07) is 8.81. The van der Waals surface area contributed by atoms with Gasteiger partial charge >= 0.3 is 0 Å². The van der Waals surface area contributed by atoms with E-state index in [-0.39, 0.29) is 0 Å². The van der Waals surface area contributed by atoms with Crippen molar-refractivity contribution in [1.82, 2.24) is 19.7 Å². The molecule has 1 heterocycles. The molecule has 4 rings (SSSR count). The molecular formula is C19H25ClN4. The van der Waals surface area contributed by atoms with Crippen LogP contribution in [0.4, 0.5) is 0 Å². The molecule has 0 radical (unpaired) electrons. The summed E-state index contributed by atoms with van der Waals surface area (Å²) >= 11 is 6.40. The number of halogens is 1. The Balaban J connectivity index is 1.55. The van der Waals surface area contributed by atoms with Gasteiger partial charge in [0.15, 0.2) is 0 Å². The minimum atomic E-state index is 0.627. The van der Waals surface area contributed by atoms with Crippen LogP contribution >= 0.6 is 11.6 Å². The number of rotatable bonds is 6. The Morgan fingerprint density at radius 1 is 1.08 bits per heavy atom. The van der Waals surface area contributed by atoms with Gasteiger partial charge in [-0.3, -0.25) is 4.90 Å². The van der Waals surface area contributed by atoms with Gasteiger partial charge in [-0.05, 0) is 37.3 Å². The number of hydrogen-bond donors (Lipinski definition) is 0. The van der Waals surface area contributed by atoms with Crippen LogP contribution in [0.2, 0.25) is 5.02 Å². The van der Waals surface area contributed by atoms with E-state index in [1.807, 2.05) is 12.1 Å². The van der Waals surface area contributed by atoms with Gasteiger partial charge in [-0.15, -0.1) is 10.2 Å². The Labute approximate surface area is 148 Å². The van der Waals surface area contributed by atoms with Crippen molar-refractivity contribution in [3.05, 3.63) is 46.5 Å². The second kappa shape index (κ2) is 6.85. The number of aromatic nitrogens is 3. The van der Waals surface area contributed by atoms with Crippen LogP contribution in [0.25, 0.3) is 0 Å². The fourth-order valence-corrected chi connectivity index (χ4v) is 4.02. The standard InChI is InChI=1S/C19H25ClN4/c1-23-18(21-22-19(23)14-10-11-14)13-24(16-7-3-4-8-16)12-15-6-2-5-9-17(15)20/h2,5-6,9,14,16H,3-4,7-8,10-13H2,1H3. The smallest absolute Gasteiger partial charge is 0.146 e. The molecule has 1 aromatic carbocycles. The van der Waals surface area contributed by atoms with Gasteiger partial charge in [0.05, 0.1) is 6.54 Å². The van der Waals surface area contributed by atoms with E-state index >= 15 is 0 Å². The lowest BCUT2D eigenvalue weighted by molar-refractivity contribution is 0.174. The van der Waals surface area contributed by atoms with E-state index in [2.05, 4.69) is 38.8 Å². The van der Waals surface area contributed by atoms with Gasteiger partial charge in [-0.25, -0.2) is 0 Å². The Kier molecular flexibility index (Phi) is 4.59. The summed E-state index contributed by atoms with van der Waals surface area (Å²) in [7, 11) is 2.12. The van der Waals surface area contributed by atoms with Gasteiger partial charge in [0.1, 0.15) is 11.6 Å². The SMILES string of the molecule is Cn1c(CN(Cc2ccccc2Cl)C2CCCC2)nnc1C1CC1. The molecule has 0 N–H and O–H groups in total. The third kappa shape index (κ3) is 3.35. The lowest BCUT2D eigenvalue weighted by Gasteiger charge is -2.28. The van der Waals surface area contributed by atoms with Crippen molar-refractivity contribution in [1.29, 1.82) is 0 Å². The minimum absolute atomic E-state index is 0.627. The monoisotopic (exact) mass is 344 g/mol. The van der Waals surface area contributed by atoms with Crippen molar-refractivity contribution >= 4 is 11.6 Å². The fraction of sp³-hybridized carbons (Fsp3) is 0.579. The third-order valence-electron chi connectivity index (χ3n) is 5.46. The summed E-state index contributed by atoms with van der Waals surface area (Å²) in [6.45, 7) is 1.74. The molecule has 2 saturated carbocycles. The van der Waals surface area contributed by atoms with Crippen LogP contribution < -0.4 is 0 Å². The van der Waals surface area contributed by atoms with Gasteiger partial charge in [-0.2, -0.15) is 0 Å². The second-order valence-corrected chi connectivity index (χ2v) is 7.65. The maximum absolute atomic E-state index is 6.40. The molecule has 0 spiro atoms. The minimum Gasteiger partial charge on any atom is -0.317 e. The van der Waals surface area contributed by atoms with Gasteiger partial charge < -0.3 is 4.57 Å². The molecule has 24 heavy (non-hydrogen) atoms. The fourth-order valence-electron chi connectivity index (χ4n) is 3.82. The summed E-state index contributed by atoms with van der Waals surface area (Å²) in [5.74, 6) is 2.88. The van der Waals surface area contributed by atoms with Crippen LogP contribution in [0.1, 0.15) is 61.7 Å². The second-order valence-electron chi connectivity index (χ2n) is 7.24. The van der Waals surface area contributed by atoms with Crippen molar-refractivity contribution in [2.75, 3.05) is 0 Å². The average molecular weight is 345 g/mol. The molecule has 0 aliphatic heterocycles. The molecule has 2 aliphatic rings. The Hall–Kier alpha value is -1.39. The number of nitrogens with zero attached hydrogens (tertiary/aromatic N) is 4. The maximum Gasteiger partial charge on any atom is 0.146 e. The van der Waals surface area contributed by atoms with E-state index in [9.17, 15) is 0 Å². The lowest BCUT2D eigenvalue weighted by Crippen LogP contribution is -2.33. The average Bonchev–Trinajstić information content (AvgIpc) is 3.14. The lowest BCUT2D eigenvalue weighted by atomic mass is 10.1. The van der Waals surface area contributed by atoms with Crippen molar-refractivity contribution < 1.29 is 0 Å². The Morgan fingerprint density at radius 3 is 2.54 bits per heavy atom. The first-order valence-corrected chi connectivity index (χ1v) is 9.46. The first kappa shape index (κ1) is 16.1. The van der Waals surface area contributed by atoms with Crippen LogP contribution in [0.5, 0.6) is 0 Å². The predicted octanol–water partition coefficient (Wildman–Crippen LogP) is 4.29. The maximum atomic E-state index is 6.40. The zero-order valence-corrected chi connectivity index (χ0v) is 15.0. The van der Waals surface area contributed by atoms with Gasteiger partial charge in [0, 0.05) is 30.6 Å². The molecule has 0 atom stereocenters. The molecule has 2 aliphatic carbocycles. The predicted molar refractivity (Wildman–Crippen MR) is 95.9 cm³/mol. The molecular weight excluding hydrogens is 320 g/mol. The molecule has 5 heteroatoms. The van der Waals surface area contributed by atoms with E-state index in [1.165, 1.54) is 44.1 Å². The highest BCUT2D eigenvalue weighted by Gasteiger charge is 2.30. The zero-order valence-electron chi connectivity index (χ0n) is 14.3. The Morgan fingerprint density at radius 2 is 1.83 bits per heavy atom. The van der Waals surface area contributed by atoms with E-state index in [0.717, 1.165) is 29.8 Å². The molecule has 0 amide bonds. The normalized spacial score (nSPS) is 18.6. The molecule has 1 aromatic heterocycles. The summed E-state index contributed by atoms with van der Waals surface area (Å²) in [5, 5.41) is 9.79. The Bertz CT molecular complexity index is 701. The van der Waals surface area contributed by atoms with Crippen molar-refractivity contribution in [3.8, 4) is 0 Å². The quantitative estimate of drug-likeness (QED) is 0.783. The highest BCUT2D eigenvalue weighted by molar-refractivity contribution is 6.31. The van der Waals surface area contributed by atoms with Gasteiger partial charge in [0.2, 0.25) is 0 Å². The van der Waals surface area contributed by atoms with E-state index in [1.54, 1.807) is 0 Å². The largest absolute Gasteiger partial charge is 0.317 e. The summed E-state index contributed by atoms with van der Waals surface area (Å²) in [5.41, 5.74) is 1.20. The molecule has 2 aromatic rings. The summed E-state index contributed by atoms with van der Waals surface area (Å²) < 4.78 is 2.21. The van der Waals surface area contributed by atoms with E-state index < -0.39 is 0 Å². The molecule has 4 nitrogen and oxygen atoms in total. The van der Waals surface area contributed by atoms with Crippen LogP contribution in [-0.4, -0.2) is 25.7 Å². The van der Waals surface area contributed by atoms with Gasteiger partial charge in [0.25, 0.3) is 0 Å². The van der Waals surface area contributed by atoms with E-state index in [0.29, 0.717) is 12.0 Å². The first-order valence-electron chi connectivity index (χ1n) is 9.08. The molecule has 0 saturated heterocycles. The van der Waals surface area contributed by atoms with Crippen LogP contribution in [0, 0.1) is 0 Å². The van der Waals surface area contributed by atoms with Crippen LogP contribution in [0.3, 0.4) is 0 Å². The first-order chi connectivity index (χ1) is 11.7. The van der Waals surface area contributed by atoms with Gasteiger partial charge in [-0.1, -0.05) is 42.6 Å². The highest BCUT2D eigenvalue weighted by Crippen LogP contribution is 2.39. The van der Waals surface area contributed by atoms with E-state index in [4.69, 9.17) is 11.6 Å². The summed E-state index contributed by atoms with van der Waals surface area (Å²) in [4.78, 5) is 2.55. The topological polar surface area (TPSA) is 34.0 Å². The summed E-state index contributed by atoms with van der Waals surface area (Å²) in [6.07, 6.45) is 7.73. The third-order valence-corrected chi connectivity index (χ3v) is 5.83. The van der Waals surface area contributed by atoms with Crippen LogP contribution in [-0.2, 0) is 20.1 Å². The number of benzene rings is 1. The highest BCUT2D eigenvalue weighted by atomic mass is 35.5. The zero-order chi connectivity index (χ0) is 16.5. The molecule has 128 valence electrons.